The van der Waals surface area contributed by atoms with Crippen molar-refractivity contribution in [2.75, 3.05) is 20.1 Å². The molecule has 0 atom stereocenters. The molecule has 0 radical (unpaired) electrons. The largest absolute Gasteiger partial charge is 0.481 e. The number of carbonyl (C=O) groups excluding carboxylic acids is 1. The average Bonchev–Trinajstić information content (AvgIpc) is 2.84. The first kappa shape index (κ1) is 15.4. The Morgan fingerprint density at radius 1 is 1.43 bits per heavy atom. The zero-order valence-corrected chi connectivity index (χ0v) is 12.8. The van der Waals surface area contributed by atoms with Crippen molar-refractivity contribution in [1.82, 2.24) is 9.80 Å². The van der Waals surface area contributed by atoms with E-state index in [1.54, 1.807) is 30.0 Å². The van der Waals surface area contributed by atoms with Crippen molar-refractivity contribution in [1.29, 1.82) is 0 Å². The van der Waals surface area contributed by atoms with Crippen molar-refractivity contribution in [2.24, 2.45) is 5.41 Å². The molecule has 1 aromatic heterocycles. The molecule has 1 saturated heterocycles. The van der Waals surface area contributed by atoms with Crippen molar-refractivity contribution < 1.29 is 19.1 Å². The van der Waals surface area contributed by atoms with E-state index in [1.165, 1.54) is 0 Å². The molecular weight excluding hydrogens is 272 g/mol. The topological polar surface area (TPSA) is 74.0 Å². The van der Waals surface area contributed by atoms with Crippen LogP contribution in [0.3, 0.4) is 0 Å². The Hall–Kier alpha value is -1.98. The lowest BCUT2D eigenvalue weighted by molar-refractivity contribution is -0.150. The van der Waals surface area contributed by atoms with Gasteiger partial charge in [-0.1, -0.05) is 0 Å². The minimum Gasteiger partial charge on any atom is -0.481 e. The molecule has 0 bridgehead atoms. The normalized spacial score (nSPS) is 17.6. The summed E-state index contributed by atoms with van der Waals surface area (Å²) in [5.74, 6) is 0.0312. The van der Waals surface area contributed by atoms with E-state index in [4.69, 9.17) is 4.42 Å². The van der Waals surface area contributed by atoms with Crippen LogP contribution in [0.5, 0.6) is 0 Å². The number of carboxylic acid groups (broad SMARTS) is 1. The molecule has 6 heteroatoms. The third-order valence-corrected chi connectivity index (χ3v) is 4.35. The van der Waals surface area contributed by atoms with Crippen LogP contribution in [0.25, 0.3) is 0 Å². The van der Waals surface area contributed by atoms with Crippen molar-refractivity contribution in [3.8, 4) is 0 Å². The number of nitrogens with zero attached hydrogens (tertiary/aromatic N) is 2. The Bertz CT molecular complexity index is 530. The maximum Gasteiger partial charge on any atom is 0.320 e. The number of hydrogen-bond acceptors (Lipinski definition) is 3. The summed E-state index contributed by atoms with van der Waals surface area (Å²) in [6.45, 7) is 5.07. The van der Waals surface area contributed by atoms with E-state index in [0.717, 1.165) is 11.3 Å². The molecule has 0 unspecified atom stereocenters. The van der Waals surface area contributed by atoms with Gasteiger partial charge in [0.15, 0.2) is 0 Å². The van der Waals surface area contributed by atoms with Crippen LogP contribution < -0.4 is 0 Å². The van der Waals surface area contributed by atoms with Gasteiger partial charge in [-0.15, -0.1) is 0 Å². The summed E-state index contributed by atoms with van der Waals surface area (Å²) in [5.41, 5.74) is 0.273. The Morgan fingerprint density at radius 2 is 2.05 bits per heavy atom. The first-order valence-electron chi connectivity index (χ1n) is 7.10. The number of rotatable bonds is 3. The van der Waals surface area contributed by atoms with Gasteiger partial charge in [0, 0.05) is 25.7 Å². The molecule has 0 spiro atoms. The number of urea groups is 1. The number of furan rings is 1. The maximum absolute atomic E-state index is 12.4. The standard InChI is InChI=1S/C15H22N2O4/c1-11-12(4-9-21-11)10-16(3)14(20)17-7-5-15(2,6-8-17)13(18)19/h4,9H,5-8,10H2,1-3H3,(H,18,19). The van der Waals surface area contributed by atoms with E-state index in [0.29, 0.717) is 32.5 Å². The second-order valence-corrected chi connectivity index (χ2v) is 5.99. The lowest BCUT2D eigenvalue weighted by Gasteiger charge is -2.38. The van der Waals surface area contributed by atoms with Crippen LogP contribution in [-0.2, 0) is 11.3 Å². The van der Waals surface area contributed by atoms with Crippen LogP contribution in [0.2, 0.25) is 0 Å². The highest BCUT2D eigenvalue weighted by Gasteiger charge is 2.38. The molecule has 116 valence electrons. The van der Waals surface area contributed by atoms with Gasteiger partial charge in [-0.2, -0.15) is 0 Å². The molecule has 0 aliphatic carbocycles. The third-order valence-electron chi connectivity index (χ3n) is 4.35. The minimum atomic E-state index is -0.781. The molecule has 1 N–H and O–H groups in total. The van der Waals surface area contributed by atoms with Gasteiger partial charge < -0.3 is 19.3 Å². The summed E-state index contributed by atoms with van der Waals surface area (Å²) in [5, 5.41) is 9.21. The van der Waals surface area contributed by atoms with Gasteiger partial charge in [0.1, 0.15) is 5.76 Å². The summed E-state index contributed by atoms with van der Waals surface area (Å²) >= 11 is 0. The summed E-state index contributed by atoms with van der Waals surface area (Å²) in [6.07, 6.45) is 2.60. The number of aryl methyl sites for hydroxylation is 1. The maximum atomic E-state index is 12.4. The van der Waals surface area contributed by atoms with Gasteiger partial charge >= 0.3 is 12.0 Å². The number of carbonyl (C=O) groups is 2. The first-order chi connectivity index (χ1) is 9.83. The van der Waals surface area contributed by atoms with Crippen molar-refractivity contribution in [3.05, 3.63) is 23.7 Å². The average molecular weight is 294 g/mol. The summed E-state index contributed by atoms with van der Waals surface area (Å²) in [6, 6.07) is 1.79. The monoisotopic (exact) mass is 294 g/mol. The highest BCUT2D eigenvalue weighted by molar-refractivity contribution is 5.77. The molecule has 0 aromatic carbocycles. The van der Waals surface area contributed by atoms with Crippen LogP contribution >= 0.6 is 0 Å². The Kier molecular flexibility index (Phi) is 4.25. The van der Waals surface area contributed by atoms with Gasteiger partial charge in [-0.3, -0.25) is 4.79 Å². The zero-order chi connectivity index (χ0) is 15.6. The van der Waals surface area contributed by atoms with Crippen molar-refractivity contribution in [3.63, 3.8) is 0 Å². The molecular formula is C15H22N2O4. The van der Waals surface area contributed by atoms with Gasteiger partial charge in [-0.05, 0) is 32.8 Å². The zero-order valence-electron chi connectivity index (χ0n) is 12.8. The van der Waals surface area contributed by atoms with Gasteiger partial charge in [-0.25, -0.2) is 4.79 Å². The van der Waals surface area contributed by atoms with E-state index in [9.17, 15) is 14.7 Å². The molecule has 1 fully saturated rings. The number of likely N-dealkylation sites (tertiary alicyclic amines) is 1. The van der Waals surface area contributed by atoms with Crippen molar-refractivity contribution >= 4 is 12.0 Å². The lowest BCUT2D eigenvalue weighted by Crippen LogP contribution is -2.48. The smallest absolute Gasteiger partial charge is 0.320 e. The van der Waals surface area contributed by atoms with Crippen LogP contribution in [0, 0.1) is 12.3 Å². The molecule has 2 amide bonds. The quantitative estimate of drug-likeness (QED) is 0.928. The molecule has 21 heavy (non-hydrogen) atoms. The summed E-state index contributed by atoms with van der Waals surface area (Å²) < 4.78 is 5.23. The van der Waals surface area contributed by atoms with Crippen LogP contribution in [0.4, 0.5) is 4.79 Å². The third kappa shape index (κ3) is 3.20. The fraction of sp³-hybridized carbons (Fsp3) is 0.600. The lowest BCUT2D eigenvalue weighted by atomic mass is 9.80. The fourth-order valence-corrected chi connectivity index (χ4v) is 2.55. The van der Waals surface area contributed by atoms with Crippen LogP contribution in [0.15, 0.2) is 16.7 Å². The molecule has 1 aliphatic rings. The van der Waals surface area contributed by atoms with E-state index < -0.39 is 11.4 Å². The van der Waals surface area contributed by atoms with E-state index in [1.807, 2.05) is 13.0 Å². The van der Waals surface area contributed by atoms with E-state index in [2.05, 4.69) is 0 Å². The predicted molar refractivity (Wildman–Crippen MR) is 76.9 cm³/mol. The number of carboxylic acids is 1. The minimum absolute atomic E-state index is 0.0666. The van der Waals surface area contributed by atoms with Gasteiger partial charge in [0.05, 0.1) is 18.2 Å². The summed E-state index contributed by atoms with van der Waals surface area (Å²) in [4.78, 5) is 27.0. The van der Waals surface area contributed by atoms with Gasteiger partial charge in [0.2, 0.25) is 0 Å². The number of amides is 2. The van der Waals surface area contributed by atoms with Crippen LogP contribution in [0.1, 0.15) is 31.1 Å². The molecule has 1 aliphatic heterocycles. The number of piperidine rings is 1. The molecule has 6 nitrogen and oxygen atoms in total. The number of hydrogen-bond donors (Lipinski definition) is 1. The van der Waals surface area contributed by atoms with Crippen LogP contribution in [-0.4, -0.2) is 47.0 Å². The molecule has 2 rings (SSSR count). The second-order valence-electron chi connectivity index (χ2n) is 5.99. The van der Waals surface area contributed by atoms with E-state index in [-0.39, 0.29) is 6.03 Å². The fourth-order valence-electron chi connectivity index (χ4n) is 2.55. The van der Waals surface area contributed by atoms with Crippen molar-refractivity contribution in [2.45, 2.75) is 33.2 Å². The summed E-state index contributed by atoms with van der Waals surface area (Å²) in [7, 11) is 1.75. The SMILES string of the molecule is Cc1occc1CN(C)C(=O)N1CCC(C)(C(=O)O)CC1. The van der Waals surface area contributed by atoms with E-state index >= 15 is 0 Å². The first-order valence-corrected chi connectivity index (χ1v) is 7.10. The molecule has 2 heterocycles. The molecule has 0 saturated carbocycles. The number of aliphatic carboxylic acids is 1. The predicted octanol–water partition coefficient (Wildman–Crippen LogP) is 2.33. The second kappa shape index (κ2) is 5.79. The Morgan fingerprint density at radius 3 is 2.52 bits per heavy atom. The Labute approximate surface area is 124 Å². The van der Waals surface area contributed by atoms with Gasteiger partial charge in [0.25, 0.3) is 0 Å². The Balaban J connectivity index is 1.93. The highest BCUT2D eigenvalue weighted by Crippen LogP contribution is 2.31. The highest BCUT2D eigenvalue weighted by atomic mass is 16.4. The molecule has 1 aromatic rings.